The molecule has 0 aliphatic heterocycles. The highest BCUT2D eigenvalue weighted by Crippen LogP contribution is 2.15. The lowest BCUT2D eigenvalue weighted by Gasteiger charge is -2.12. The van der Waals surface area contributed by atoms with Crippen molar-refractivity contribution in [2.75, 3.05) is 35.6 Å². The molecule has 0 bridgehead atoms. The summed E-state index contributed by atoms with van der Waals surface area (Å²) in [4.78, 5) is 20.7. The molecule has 0 aliphatic carbocycles. The number of nitrogens with zero attached hydrogens (tertiary/aromatic N) is 2. The topological polar surface area (TPSA) is 91.0 Å². The first kappa shape index (κ1) is 18.5. The van der Waals surface area contributed by atoms with E-state index in [9.17, 15) is 4.79 Å². The van der Waals surface area contributed by atoms with Gasteiger partial charge >= 0.3 is 6.03 Å². The zero-order valence-corrected chi connectivity index (χ0v) is 15.0. The van der Waals surface area contributed by atoms with E-state index in [1.807, 2.05) is 44.2 Å². The molecule has 0 fully saturated rings. The van der Waals surface area contributed by atoms with Crippen LogP contribution in [0.25, 0.3) is 0 Å². The molecule has 0 radical (unpaired) electrons. The second-order valence-corrected chi connectivity index (χ2v) is 5.57. The minimum absolute atomic E-state index is 0.221. The van der Waals surface area contributed by atoms with Gasteiger partial charge in [-0.2, -0.15) is 4.98 Å². The van der Waals surface area contributed by atoms with Gasteiger partial charge in [0.15, 0.2) is 0 Å². The molecule has 0 saturated heterocycles. The van der Waals surface area contributed by atoms with Gasteiger partial charge in [-0.05, 0) is 31.9 Å². The van der Waals surface area contributed by atoms with E-state index in [1.165, 1.54) is 0 Å². The summed E-state index contributed by atoms with van der Waals surface area (Å²) >= 11 is 0. The number of benzene rings is 1. The molecule has 1 aromatic carbocycles. The van der Waals surface area contributed by atoms with Crippen molar-refractivity contribution in [2.24, 2.45) is 0 Å². The quantitative estimate of drug-likeness (QED) is 0.554. The second kappa shape index (κ2) is 9.46. The highest BCUT2D eigenvalue weighted by Gasteiger charge is 2.05. The third-order valence-electron chi connectivity index (χ3n) is 3.55. The number of amides is 2. The van der Waals surface area contributed by atoms with Crippen LogP contribution in [0, 0.1) is 6.92 Å². The zero-order chi connectivity index (χ0) is 18.1. The van der Waals surface area contributed by atoms with Gasteiger partial charge in [0.1, 0.15) is 5.82 Å². The lowest BCUT2D eigenvalue weighted by atomic mass is 10.1. The Morgan fingerprint density at radius 1 is 1.08 bits per heavy atom. The number of aryl methyl sites for hydroxylation is 2. The third kappa shape index (κ3) is 5.95. The van der Waals surface area contributed by atoms with E-state index in [1.54, 1.807) is 0 Å². The lowest BCUT2D eigenvalue weighted by molar-refractivity contribution is 0.252. The largest absolute Gasteiger partial charge is 0.370 e. The Labute approximate surface area is 148 Å². The van der Waals surface area contributed by atoms with E-state index in [-0.39, 0.29) is 6.03 Å². The number of rotatable bonds is 8. The molecule has 0 aliphatic rings. The predicted octanol–water partition coefficient (Wildman–Crippen LogP) is 3.01. The Bertz CT molecular complexity index is 704. The summed E-state index contributed by atoms with van der Waals surface area (Å²) in [6.45, 7) is 7.81. The molecular weight excluding hydrogens is 316 g/mol. The SMILES string of the molecule is CCNc1cc(C)nc(NCCNC(=O)Nc2ccccc2CC)n1. The molecule has 1 heterocycles. The minimum Gasteiger partial charge on any atom is -0.370 e. The van der Waals surface area contributed by atoms with Crippen molar-refractivity contribution < 1.29 is 4.79 Å². The van der Waals surface area contributed by atoms with Crippen LogP contribution in [0.3, 0.4) is 0 Å². The molecule has 7 heteroatoms. The maximum absolute atomic E-state index is 12.0. The van der Waals surface area contributed by atoms with Crippen molar-refractivity contribution in [2.45, 2.75) is 27.2 Å². The second-order valence-electron chi connectivity index (χ2n) is 5.57. The van der Waals surface area contributed by atoms with Crippen molar-refractivity contribution >= 4 is 23.5 Å². The van der Waals surface area contributed by atoms with E-state index < -0.39 is 0 Å². The van der Waals surface area contributed by atoms with Crippen LogP contribution in [0.15, 0.2) is 30.3 Å². The van der Waals surface area contributed by atoms with Gasteiger partial charge < -0.3 is 21.3 Å². The Kier molecular flexibility index (Phi) is 7.00. The first-order valence-corrected chi connectivity index (χ1v) is 8.58. The Hall–Kier alpha value is -2.83. The van der Waals surface area contributed by atoms with Crippen LogP contribution in [0.5, 0.6) is 0 Å². The van der Waals surface area contributed by atoms with E-state index >= 15 is 0 Å². The first-order chi connectivity index (χ1) is 12.1. The van der Waals surface area contributed by atoms with Gasteiger partial charge in [-0.15, -0.1) is 0 Å². The number of para-hydroxylation sites is 1. The fourth-order valence-electron chi connectivity index (χ4n) is 2.39. The molecule has 2 amide bonds. The van der Waals surface area contributed by atoms with Crippen molar-refractivity contribution in [3.63, 3.8) is 0 Å². The molecule has 25 heavy (non-hydrogen) atoms. The van der Waals surface area contributed by atoms with Crippen molar-refractivity contribution in [1.29, 1.82) is 0 Å². The summed E-state index contributed by atoms with van der Waals surface area (Å²) in [5.41, 5.74) is 2.84. The maximum atomic E-state index is 12.0. The third-order valence-corrected chi connectivity index (χ3v) is 3.55. The van der Waals surface area contributed by atoms with Gasteiger partial charge in [0, 0.05) is 37.1 Å². The molecule has 2 aromatic rings. The van der Waals surface area contributed by atoms with E-state index in [4.69, 9.17) is 0 Å². The van der Waals surface area contributed by atoms with Gasteiger partial charge in [-0.3, -0.25) is 0 Å². The number of nitrogens with one attached hydrogen (secondary N) is 4. The fourth-order valence-corrected chi connectivity index (χ4v) is 2.39. The van der Waals surface area contributed by atoms with Crippen molar-refractivity contribution in [3.05, 3.63) is 41.6 Å². The number of urea groups is 1. The lowest BCUT2D eigenvalue weighted by Crippen LogP contribution is -2.33. The number of hydrogen-bond acceptors (Lipinski definition) is 5. The molecule has 134 valence electrons. The molecular formula is C18H26N6O. The summed E-state index contributed by atoms with van der Waals surface area (Å²) in [5, 5.41) is 12.0. The fraction of sp³-hybridized carbons (Fsp3) is 0.389. The monoisotopic (exact) mass is 342 g/mol. The standard InChI is InChI=1S/C18H26N6O/c1-4-14-8-6-7-9-15(14)23-18(25)21-11-10-20-17-22-13(3)12-16(24-17)19-5-2/h6-9,12H,4-5,10-11H2,1-3H3,(H2,21,23,25)(H2,19,20,22,24). The minimum atomic E-state index is -0.221. The highest BCUT2D eigenvalue weighted by atomic mass is 16.2. The van der Waals surface area contributed by atoms with E-state index in [2.05, 4.69) is 38.2 Å². The highest BCUT2D eigenvalue weighted by molar-refractivity contribution is 5.90. The van der Waals surface area contributed by atoms with Crippen LogP contribution >= 0.6 is 0 Å². The van der Waals surface area contributed by atoms with E-state index in [0.717, 1.165) is 35.7 Å². The summed E-state index contributed by atoms with van der Waals surface area (Å²) in [7, 11) is 0. The smallest absolute Gasteiger partial charge is 0.319 e. The van der Waals surface area contributed by atoms with Crippen molar-refractivity contribution in [3.8, 4) is 0 Å². The van der Waals surface area contributed by atoms with Crippen LogP contribution in [-0.2, 0) is 6.42 Å². The Morgan fingerprint density at radius 3 is 2.64 bits per heavy atom. The number of aromatic nitrogens is 2. The first-order valence-electron chi connectivity index (χ1n) is 8.58. The van der Waals surface area contributed by atoms with Gasteiger partial charge in [0.25, 0.3) is 0 Å². The van der Waals surface area contributed by atoms with Crippen LogP contribution in [-0.4, -0.2) is 35.6 Å². The number of carbonyl (C=O) groups excluding carboxylic acids is 1. The summed E-state index contributed by atoms with van der Waals surface area (Å²) in [6, 6.07) is 9.46. The molecule has 2 rings (SSSR count). The maximum Gasteiger partial charge on any atom is 0.319 e. The average Bonchev–Trinajstić information content (AvgIpc) is 2.59. The molecule has 0 saturated carbocycles. The zero-order valence-electron chi connectivity index (χ0n) is 15.0. The number of hydrogen-bond donors (Lipinski definition) is 4. The molecule has 0 atom stereocenters. The molecule has 4 N–H and O–H groups in total. The van der Waals surface area contributed by atoms with Gasteiger partial charge in [-0.1, -0.05) is 25.1 Å². The number of anilines is 3. The Balaban J connectivity index is 1.78. The van der Waals surface area contributed by atoms with Gasteiger partial charge in [0.05, 0.1) is 0 Å². The summed E-state index contributed by atoms with van der Waals surface area (Å²) < 4.78 is 0. The van der Waals surface area contributed by atoms with Crippen LogP contribution in [0.2, 0.25) is 0 Å². The number of carbonyl (C=O) groups is 1. The van der Waals surface area contributed by atoms with Gasteiger partial charge in [-0.25, -0.2) is 9.78 Å². The molecule has 7 nitrogen and oxygen atoms in total. The molecule has 0 unspecified atom stereocenters. The molecule has 1 aromatic heterocycles. The van der Waals surface area contributed by atoms with E-state index in [0.29, 0.717) is 19.0 Å². The van der Waals surface area contributed by atoms with Crippen LogP contribution < -0.4 is 21.3 Å². The van der Waals surface area contributed by atoms with Crippen LogP contribution in [0.1, 0.15) is 25.1 Å². The van der Waals surface area contributed by atoms with Crippen molar-refractivity contribution in [1.82, 2.24) is 15.3 Å². The normalized spacial score (nSPS) is 10.2. The predicted molar refractivity (Wildman–Crippen MR) is 102 cm³/mol. The molecule has 0 spiro atoms. The van der Waals surface area contributed by atoms with Gasteiger partial charge in [0.2, 0.25) is 5.95 Å². The average molecular weight is 342 g/mol. The van der Waals surface area contributed by atoms with Crippen LogP contribution in [0.4, 0.5) is 22.2 Å². The summed E-state index contributed by atoms with van der Waals surface area (Å²) in [6.07, 6.45) is 0.872. The Morgan fingerprint density at radius 2 is 1.88 bits per heavy atom. The summed E-state index contributed by atoms with van der Waals surface area (Å²) in [5.74, 6) is 1.34.